The van der Waals surface area contributed by atoms with E-state index in [2.05, 4.69) is 22.0 Å². The Morgan fingerprint density at radius 2 is 2.11 bits per heavy atom. The molecular formula is C13H14BrFN2S. The number of nitrogens with two attached hydrogens (primary N) is 1. The number of hydrogen-bond acceptors (Lipinski definition) is 3. The van der Waals surface area contributed by atoms with Crippen LogP contribution < -0.4 is 10.6 Å². The molecule has 2 N–H and O–H groups in total. The molecule has 18 heavy (non-hydrogen) atoms. The van der Waals surface area contributed by atoms with Gasteiger partial charge in [-0.15, -0.1) is 11.3 Å². The van der Waals surface area contributed by atoms with Gasteiger partial charge in [0, 0.05) is 34.0 Å². The van der Waals surface area contributed by atoms with Gasteiger partial charge < -0.3 is 10.6 Å². The zero-order valence-corrected chi connectivity index (χ0v) is 12.4. The van der Waals surface area contributed by atoms with Crippen molar-refractivity contribution in [1.29, 1.82) is 0 Å². The molecule has 5 heteroatoms. The number of thiophene rings is 1. The maximum absolute atomic E-state index is 13.4. The van der Waals surface area contributed by atoms with Crippen molar-refractivity contribution in [3.8, 4) is 0 Å². The van der Waals surface area contributed by atoms with Gasteiger partial charge in [-0.3, -0.25) is 0 Å². The van der Waals surface area contributed by atoms with Gasteiger partial charge in [-0.25, -0.2) is 4.39 Å². The average molecular weight is 329 g/mol. The van der Waals surface area contributed by atoms with Crippen molar-refractivity contribution >= 4 is 33.0 Å². The van der Waals surface area contributed by atoms with Crippen molar-refractivity contribution in [2.45, 2.75) is 13.1 Å². The summed E-state index contributed by atoms with van der Waals surface area (Å²) in [6, 6.07) is 7.00. The van der Waals surface area contributed by atoms with E-state index in [0.29, 0.717) is 6.54 Å². The largest absolute Gasteiger partial charge is 0.369 e. The Morgan fingerprint density at radius 1 is 1.33 bits per heavy atom. The molecule has 0 amide bonds. The van der Waals surface area contributed by atoms with E-state index in [1.54, 1.807) is 11.3 Å². The van der Waals surface area contributed by atoms with E-state index in [4.69, 9.17) is 5.73 Å². The Kier molecular flexibility index (Phi) is 4.37. The molecule has 0 atom stereocenters. The highest BCUT2D eigenvalue weighted by Gasteiger charge is 2.07. The molecule has 2 rings (SSSR count). The monoisotopic (exact) mass is 328 g/mol. The molecule has 1 aromatic heterocycles. The van der Waals surface area contributed by atoms with Crippen molar-refractivity contribution in [3.63, 3.8) is 0 Å². The number of anilines is 1. The fourth-order valence-corrected chi connectivity index (χ4v) is 3.24. The predicted octanol–water partition coefficient (Wildman–Crippen LogP) is 3.74. The SMILES string of the molecule is CN(Cc1cc(Br)cs1)c1cc(F)cc(CN)c1. The number of nitrogens with zero attached hydrogens (tertiary/aromatic N) is 1. The topological polar surface area (TPSA) is 29.3 Å². The zero-order chi connectivity index (χ0) is 13.1. The van der Waals surface area contributed by atoms with Crippen molar-refractivity contribution in [2.24, 2.45) is 5.73 Å². The second kappa shape index (κ2) is 5.82. The summed E-state index contributed by atoms with van der Waals surface area (Å²) in [5.74, 6) is -0.243. The van der Waals surface area contributed by atoms with Crippen LogP contribution in [0.1, 0.15) is 10.4 Å². The van der Waals surface area contributed by atoms with E-state index in [1.165, 1.54) is 17.0 Å². The Balaban J connectivity index is 2.17. The second-order valence-corrected chi connectivity index (χ2v) is 6.02. The summed E-state index contributed by atoms with van der Waals surface area (Å²) >= 11 is 5.11. The molecule has 96 valence electrons. The molecule has 0 bridgehead atoms. The summed E-state index contributed by atoms with van der Waals surface area (Å²) in [5, 5.41) is 2.04. The molecule has 0 radical (unpaired) electrons. The van der Waals surface area contributed by atoms with E-state index in [1.807, 2.05) is 23.4 Å². The standard InChI is InChI=1S/C13H14BrFN2S/c1-17(7-13-4-10(14)8-18-13)12-3-9(6-16)2-11(15)5-12/h2-5,8H,6-7,16H2,1H3. The van der Waals surface area contributed by atoms with Gasteiger partial charge in [0.2, 0.25) is 0 Å². The molecule has 1 aromatic carbocycles. The molecule has 0 aliphatic rings. The van der Waals surface area contributed by atoms with Crippen LogP contribution in [0.5, 0.6) is 0 Å². The van der Waals surface area contributed by atoms with E-state index in [-0.39, 0.29) is 5.82 Å². The highest BCUT2D eigenvalue weighted by molar-refractivity contribution is 9.10. The molecule has 0 saturated heterocycles. The summed E-state index contributed by atoms with van der Waals surface area (Å²) in [6.07, 6.45) is 0. The van der Waals surface area contributed by atoms with E-state index in [0.717, 1.165) is 22.3 Å². The lowest BCUT2D eigenvalue weighted by molar-refractivity contribution is 0.624. The molecule has 0 aliphatic carbocycles. The molecule has 2 aromatic rings. The third kappa shape index (κ3) is 3.31. The first-order valence-electron chi connectivity index (χ1n) is 5.52. The molecule has 0 spiro atoms. The average Bonchev–Trinajstić information content (AvgIpc) is 2.73. The van der Waals surface area contributed by atoms with E-state index in [9.17, 15) is 4.39 Å². The number of hydrogen-bond donors (Lipinski definition) is 1. The van der Waals surface area contributed by atoms with Gasteiger partial charge in [0.25, 0.3) is 0 Å². The van der Waals surface area contributed by atoms with Gasteiger partial charge in [-0.05, 0) is 45.8 Å². The highest BCUT2D eigenvalue weighted by atomic mass is 79.9. The van der Waals surface area contributed by atoms with Crippen LogP contribution in [0.4, 0.5) is 10.1 Å². The van der Waals surface area contributed by atoms with E-state index >= 15 is 0 Å². The number of halogens is 2. The lowest BCUT2D eigenvalue weighted by Crippen LogP contribution is -2.16. The summed E-state index contributed by atoms with van der Waals surface area (Å²) in [7, 11) is 1.95. The van der Waals surface area contributed by atoms with Crippen LogP contribution in [-0.4, -0.2) is 7.05 Å². The Hall–Kier alpha value is -0.910. The third-order valence-electron chi connectivity index (χ3n) is 2.63. The van der Waals surface area contributed by atoms with Crippen molar-refractivity contribution in [3.05, 3.63) is 50.4 Å². The van der Waals surface area contributed by atoms with Gasteiger partial charge in [0.05, 0.1) is 6.54 Å². The van der Waals surface area contributed by atoms with Crippen LogP contribution in [0.15, 0.2) is 34.1 Å². The van der Waals surface area contributed by atoms with Crippen molar-refractivity contribution in [2.75, 3.05) is 11.9 Å². The Morgan fingerprint density at radius 3 is 2.72 bits per heavy atom. The minimum atomic E-state index is -0.243. The Bertz CT molecular complexity index is 542. The molecule has 0 aliphatic heterocycles. The van der Waals surface area contributed by atoms with Crippen LogP contribution in [-0.2, 0) is 13.1 Å². The fraction of sp³-hybridized carbons (Fsp3) is 0.231. The lowest BCUT2D eigenvalue weighted by atomic mass is 10.2. The summed E-state index contributed by atoms with van der Waals surface area (Å²) in [5.41, 5.74) is 7.21. The van der Waals surface area contributed by atoms with E-state index < -0.39 is 0 Å². The summed E-state index contributed by atoms with van der Waals surface area (Å²) in [6.45, 7) is 1.10. The molecule has 1 heterocycles. The van der Waals surface area contributed by atoms with Crippen LogP contribution in [0.2, 0.25) is 0 Å². The van der Waals surface area contributed by atoms with Gasteiger partial charge in [0.15, 0.2) is 0 Å². The minimum absolute atomic E-state index is 0.243. The maximum Gasteiger partial charge on any atom is 0.125 e. The molecule has 0 saturated carbocycles. The first-order chi connectivity index (χ1) is 8.58. The first kappa shape index (κ1) is 13.5. The summed E-state index contributed by atoms with van der Waals surface area (Å²) < 4.78 is 14.5. The van der Waals surface area contributed by atoms with Gasteiger partial charge >= 0.3 is 0 Å². The minimum Gasteiger partial charge on any atom is -0.369 e. The van der Waals surface area contributed by atoms with Crippen molar-refractivity contribution < 1.29 is 4.39 Å². The normalized spacial score (nSPS) is 10.7. The van der Waals surface area contributed by atoms with Crippen LogP contribution in [0.3, 0.4) is 0 Å². The van der Waals surface area contributed by atoms with Crippen LogP contribution in [0, 0.1) is 5.82 Å². The highest BCUT2D eigenvalue weighted by Crippen LogP contribution is 2.24. The quantitative estimate of drug-likeness (QED) is 0.926. The fourth-order valence-electron chi connectivity index (χ4n) is 1.73. The zero-order valence-electron chi connectivity index (χ0n) is 9.99. The number of rotatable bonds is 4. The third-order valence-corrected chi connectivity index (χ3v) is 4.32. The predicted molar refractivity (Wildman–Crippen MR) is 78.4 cm³/mol. The second-order valence-electron chi connectivity index (χ2n) is 4.11. The first-order valence-corrected chi connectivity index (χ1v) is 7.19. The smallest absolute Gasteiger partial charge is 0.125 e. The van der Waals surface area contributed by atoms with Crippen LogP contribution in [0.25, 0.3) is 0 Å². The molecule has 0 unspecified atom stereocenters. The van der Waals surface area contributed by atoms with Gasteiger partial charge in [-0.1, -0.05) is 0 Å². The van der Waals surface area contributed by atoms with Crippen molar-refractivity contribution in [1.82, 2.24) is 0 Å². The van der Waals surface area contributed by atoms with Gasteiger partial charge in [0.1, 0.15) is 5.82 Å². The number of benzene rings is 1. The molecular weight excluding hydrogens is 315 g/mol. The lowest BCUT2D eigenvalue weighted by Gasteiger charge is -2.19. The molecule has 2 nitrogen and oxygen atoms in total. The summed E-state index contributed by atoms with van der Waals surface area (Å²) in [4.78, 5) is 3.24. The maximum atomic E-state index is 13.4. The van der Waals surface area contributed by atoms with Crippen LogP contribution >= 0.6 is 27.3 Å². The Labute approximate surface area is 118 Å². The molecule has 0 fully saturated rings. The van der Waals surface area contributed by atoms with Gasteiger partial charge in [-0.2, -0.15) is 0 Å².